The van der Waals surface area contributed by atoms with E-state index in [1.54, 1.807) is 12.4 Å². The molecule has 0 amide bonds. The average molecular weight is 395 g/mol. The quantitative estimate of drug-likeness (QED) is 0.429. The van der Waals surface area contributed by atoms with E-state index in [1.165, 1.54) is 0 Å². The summed E-state index contributed by atoms with van der Waals surface area (Å²) in [4.78, 5) is 17.2. The highest BCUT2D eigenvalue weighted by Crippen LogP contribution is 2.32. The van der Waals surface area contributed by atoms with Crippen molar-refractivity contribution in [2.45, 2.75) is 18.8 Å². The zero-order chi connectivity index (χ0) is 19.9. The van der Waals surface area contributed by atoms with Gasteiger partial charge in [0.2, 0.25) is 0 Å². The van der Waals surface area contributed by atoms with Crippen LogP contribution >= 0.6 is 0 Å². The van der Waals surface area contributed by atoms with Gasteiger partial charge in [-0.3, -0.25) is 15.1 Å². The fourth-order valence-corrected chi connectivity index (χ4v) is 4.36. The van der Waals surface area contributed by atoms with Gasteiger partial charge in [0.15, 0.2) is 5.82 Å². The molecule has 3 N–H and O–H groups in total. The minimum atomic E-state index is 0.493. The molecule has 0 saturated carbocycles. The molecule has 1 saturated heterocycles. The molecule has 7 heteroatoms. The predicted octanol–water partition coefficient (Wildman–Crippen LogP) is 4.03. The molecular formula is C23H21N7. The molecule has 0 spiro atoms. The second kappa shape index (κ2) is 7.03. The van der Waals surface area contributed by atoms with Crippen LogP contribution < -0.4 is 5.32 Å². The number of hydrogen-bond donors (Lipinski definition) is 3. The van der Waals surface area contributed by atoms with Gasteiger partial charge in [-0.05, 0) is 55.8 Å². The number of rotatable bonds is 3. The second-order valence-corrected chi connectivity index (χ2v) is 7.77. The van der Waals surface area contributed by atoms with Gasteiger partial charge in [-0.2, -0.15) is 5.10 Å². The molecular weight excluding hydrogens is 374 g/mol. The molecule has 0 aliphatic carbocycles. The van der Waals surface area contributed by atoms with Crippen molar-refractivity contribution in [3.63, 3.8) is 0 Å². The van der Waals surface area contributed by atoms with Crippen LogP contribution in [0.15, 0.2) is 55.0 Å². The number of H-pyrrole nitrogens is 2. The van der Waals surface area contributed by atoms with E-state index >= 15 is 0 Å². The number of pyridine rings is 2. The highest BCUT2D eigenvalue weighted by molar-refractivity contribution is 5.96. The Balaban J connectivity index is 1.47. The fourth-order valence-electron chi connectivity index (χ4n) is 4.36. The zero-order valence-corrected chi connectivity index (χ0v) is 16.4. The van der Waals surface area contributed by atoms with Gasteiger partial charge in [0.25, 0.3) is 0 Å². The van der Waals surface area contributed by atoms with Crippen molar-refractivity contribution in [3.8, 4) is 22.6 Å². The van der Waals surface area contributed by atoms with E-state index in [2.05, 4.69) is 37.6 Å². The lowest BCUT2D eigenvalue weighted by molar-refractivity contribution is 0.453. The van der Waals surface area contributed by atoms with Crippen molar-refractivity contribution in [1.82, 2.24) is 35.5 Å². The first-order valence-corrected chi connectivity index (χ1v) is 10.3. The third-order valence-electron chi connectivity index (χ3n) is 5.95. The van der Waals surface area contributed by atoms with Crippen molar-refractivity contribution >= 4 is 21.9 Å². The number of aromatic nitrogens is 6. The molecule has 0 unspecified atom stereocenters. The molecule has 0 radical (unpaired) electrons. The van der Waals surface area contributed by atoms with Crippen molar-refractivity contribution in [1.29, 1.82) is 0 Å². The molecule has 1 aliphatic heterocycles. The van der Waals surface area contributed by atoms with Crippen LogP contribution in [-0.4, -0.2) is 43.2 Å². The molecule has 0 bridgehead atoms. The van der Waals surface area contributed by atoms with Gasteiger partial charge in [0.1, 0.15) is 5.69 Å². The molecule has 6 rings (SSSR count). The molecule has 148 valence electrons. The summed E-state index contributed by atoms with van der Waals surface area (Å²) in [6, 6.07) is 12.4. The van der Waals surface area contributed by atoms with E-state index in [9.17, 15) is 0 Å². The van der Waals surface area contributed by atoms with E-state index in [1.807, 2.05) is 30.5 Å². The molecule has 1 aliphatic rings. The van der Waals surface area contributed by atoms with Gasteiger partial charge >= 0.3 is 0 Å². The number of fused-ring (bicyclic) bond motifs is 2. The summed E-state index contributed by atoms with van der Waals surface area (Å²) >= 11 is 0. The lowest BCUT2D eigenvalue weighted by atomic mass is 9.93. The van der Waals surface area contributed by atoms with Gasteiger partial charge in [-0.25, -0.2) is 4.98 Å². The van der Waals surface area contributed by atoms with Crippen molar-refractivity contribution in [3.05, 3.63) is 60.7 Å². The first kappa shape index (κ1) is 17.3. The summed E-state index contributed by atoms with van der Waals surface area (Å²) in [6.07, 6.45) is 7.74. The zero-order valence-electron chi connectivity index (χ0n) is 16.4. The van der Waals surface area contributed by atoms with Crippen LogP contribution in [0.1, 0.15) is 24.5 Å². The standard InChI is InChI=1S/C23H21N7/c1-2-16(14-4-8-24-9-5-14)21-18(3-1)27-23(28-21)22-17-12-19(15-6-10-25-11-7-15)26-13-20(17)29-30-22/h1-5,8-9,12-13,15,25H,6-7,10-11H2,(H,27,28)(H,29,30). The Labute approximate surface area is 173 Å². The highest BCUT2D eigenvalue weighted by atomic mass is 15.1. The van der Waals surface area contributed by atoms with Gasteiger partial charge in [0, 0.05) is 35.0 Å². The summed E-state index contributed by atoms with van der Waals surface area (Å²) in [7, 11) is 0. The topological polar surface area (TPSA) is 95.2 Å². The lowest BCUT2D eigenvalue weighted by Crippen LogP contribution is -2.27. The Kier molecular flexibility index (Phi) is 4.06. The van der Waals surface area contributed by atoms with Crippen LogP contribution in [0, 0.1) is 0 Å². The van der Waals surface area contributed by atoms with Crippen LogP contribution in [0.4, 0.5) is 0 Å². The Morgan fingerprint density at radius 2 is 1.83 bits per heavy atom. The van der Waals surface area contributed by atoms with Crippen LogP contribution in [0.5, 0.6) is 0 Å². The summed E-state index contributed by atoms with van der Waals surface area (Å²) < 4.78 is 0. The maximum Gasteiger partial charge on any atom is 0.159 e. The summed E-state index contributed by atoms with van der Waals surface area (Å²) in [5.41, 5.74) is 7.00. The predicted molar refractivity (Wildman–Crippen MR) is 117 cm³/mol. The Hall–Kier alpha value is -3.58. The summed E-state index contributed by atoms with van der Waals surface area (Å²) in [5, 5.41) is 12.2. The minimum absolute atomic E-state index is 0.493. The summed E-state index contributed by atoms with van der Waals surface area (Å²) in [5.74, 6) is 1.26. The lowest BCUT2D eigenvalue weighted by Gasteiger charge is -2.21. The van der Waals surface area contributed by atoms with Gasteiger partial charge in [0.05, 0.1) is 22.7 Å². The van der Waals surface area contributed by atoms with E-state index in [-0.39, 0.29) is 0 Å². The van der Waals surface area contributed by atoms with E-state index < -0.39 is 0 Å². The SMILES string of the molecule is c1cc(-c2ccncc2)c2nc(-c3n[nH]c4cnc(C5CCNCC5)cc34)[nH]c2c1. The summed E-state index contributed by atoms with van der Waals surface area (Å²) in [6.45, 7) is 2.09. The number of para-hydroxylation sites is 1. The van der Waals surface area contributed by atoms with Crippen molar-refractivity contribution < 1.29 is 0 Å². The van der Waals surface area contributed by atoms with Crippen LogP contribution in [0.3, 0.4) is 0 Å². The molecule has 30 heavy (non-hydrogen) atoms. The van der Waals surface area contributed by atoms with E-state index in [4.69, 9.17) is 9.97 Å². The molecule has 5 heterocycles. The second-order valence-electron chi connectivity index (χ2n) is 7.77. The van der Waals surface area contributed by atoms with Gasteiger partial charge in [-0.1, -0.05) is 12.1 Å². The van der Waals surface area contributed by atoms with Crippen LogP contribution in [0.25, 0.3) is 44.6 Å². The van der Waals surface area contributed by atoms with Gasteiger partial charge in [-0.15, -0.1) is 0 Å². The van der Waals surface area contributed by atoms with E-state index in [0.717, 1.165) is 76.2 Å². The van der Waals surface area contributed by atoms with E-state index in [0.29, 0.717) is 5.92 Å². The van der Waals surface area contributed by atoms with Crippen LogP contribution in [0.2, 0.25) is 0 Å². The minimum Gasteiger partial charge on any atom is -0.337 e. The molecule has 4 aromatic heterocycles. The monoisotopic (exact) mass is 395 g/mol. The molecule has 1 aromatic carbocycles. The maximum absolute atomic E-state index is 4.93. The number of nitrogens with one attached hydrogen (secondary N) is 3. The fraction of sp³-hybridized carbons (Fsp3) is 0.217. The Morgan fingerprint density at radius 3 is 2.70 bits per heavy atom. The third-order valence-corrected chi connectivity index (χ3v) is 5.95. The molecule has 5 aromatic rings. The smallest absolute Gasteiger partial charge is 0.159 e. The first-order chi connectivity index (χ1) is 14.9. The Morgan fingerprint density at radius 1 is 0.967 bits per heavy atom. The van der Waals surface area contributed by atoms with Crippen LogP contribution in [-0.2, 0) is 0 Å². The molecule has 7 nitrogen and oxygen atoms in total. The maximum atomic E-state index is 4.93. The average Bonchev–Trinajstić information content (AvgIpc) is 3.43. The molecule has 1 fully saturated rings. The number of aromatic amines is 2. The first-order valence-electron chi connectivity index (χ1n) is 10.3. The highest BCUT2D eigenvalue weighted by Gasteiger charge is 2.20. The third kappa shape index (κ3) is 2.86. The normalized spacial score (nSPS) is 15.2. The van der Waals surface area contributed by atoms with Crippen molar-refractivity contribution in [2.75, 3.05) is 13.1 Å². The number of piperidine rings is 1. The van der Waals surface area contributed by atoms with Gasteiger partial charge < -0.3 is 10.3 Å². The number of nitrogens with zero attached hydrogens (tertiary/aromatic N) is 4. The number of imidazole rings is 1. The van der Waals surface area contributed by atoms with Crippen molar-refractivity contribution in [2.24, 2.45) is 0 Å². The molecule has 0 atom stereocenters. The largest absolute Gasteiger partial charge is 0.337 e. The Bertz CT molecular complexity index is 1330. The number of benzene rings is 1. The number of hydrogen-bond acceptors (Lipinski definition) is 5.